The van der Waals surface area contributed by atoms with E-state index < -0.39 is 11.0 Å². The van der Waals surface area contributed by atoms with Crippen LogP contribution in [0.4, 0.5) is 5.69 Å². The zero-order valence-corrected chi connectivity index (χ0v) is 32.0. The first-order chi connectivity index (χ1) is 24.2. The molecule has 6 rings (SSSR count). The number of morpholine rings is 1. The molecule has 6 unspecified atom stereocenters. The summed E-state index contributed by atoms with van der Waals surface area (Å²) in [5.74, 6) is 3.10. The number of amides is 1. The van der Waals surface area contributed by atoms with Crippen LogP contribution in [0.1, 0.15) is 74.4 Å². The Hall–Kier alpha value is -2.43. The van der Waals surface area contributed by atoms with Crippen LogP contribution in [-0.2, 0) is 22.1 Å². The van der Waals surface area contributed by atoms with Crippen molar-refractivity contribution in [2.45, 2.75) is 65.3 Å². The third kappa shape index (κ3) is 9.13. The first kappa shape index (κ1) is 37.3. The number of rotatable bonds is 13. The van der Waals surface area contributed by atoms with Crippen LogP contribution < -0.4 is 14.4 Å². The molecule has 0 bridgehead atoms. The van der Waals surface area contributed by atoms with Crippen LogP contribution in [0, 0.1) is 23.7 Å². The number of carbonyl (C=O) groups excluding carboxylic acids is 1. The van der Waals surface area contributed by atoms with Crippen molar-refractivity contribution in [3.8, 4) is 5.75 Å². The van der Waals surface area contributed by atoms with Crippen LogP contribution in [0.3, 0.4) is 0 Å². The Balaban J connectivity index is 1.27. The predicted octanol–water partition coefficient (Wildman–Crippen LogP) is 6.56. The van der Waals surface area contributed by atoms with Gasteiger partial charge < -0.3 is 14.4 Å². The lowest BCUT2D eigenvalue weighted by molar-refractivity contribution is -0.0492. The number of aryl methyl sites for hydroxylation is 1. The van der Waals surface area contributed by atoms with Gasteiger partial charge in [0.1, 0.15) is 16.7 Å². The van der Waals surface area contributed by atoms with Crippen molar-refractivity contribution in [2.75, 3.05) is 76.3 Å². The van der Waals surface area contributed by atoms with Crippen LogP contribution >= 0.6 is 11.6 Å². The second-order valence-electron chi connectivity index (χ2n) is 15.1. The van der Waals surface area contributed by atoms with Gasteiger partial charge in [0.2, 0.25) is 0 Å². The molecule has 3 aliphatic heterocycles. The number of piperazine rings is 1. The Kier molecular flexibility index (Phi) is 13.0. The van der Waals surface area contributed by atoms with E-state index >= 15 is 0 Å². The number of halogens is 1. The number of allylic oxidation sites excluding steroid dienone is 1. The molecule has 10 heteroatoms. The van der Waals surface area contributed by atoms with E-state index in [2.05, 4.69) is 64.5 Å². The van der Waals surface area contributed by atoms with E-state index in [1.807, 2.05) is 18.2 Å². The van der Waals surface area contributed by atoms with Gasteiger partial charge in [-0.05, 0) is 84.4 Å². The van der Waals surface area contributed by atoms with Gasteiger partial charge in [0.15, 0.2) is 0 Å². The maximum Gasteiger partial charge on any atom is 0.263 e. The highest BCUT2D eigenvalue weighted by molar-refractivity contribution is 7.83. The summed E-state index contributed by atoms with van der Waals surface area (Å²) in [6.45, 7) is 17.9. The van der Waals surface area contributed by atoms with Gasteiger partial charge in [-0.1, -0.05) is 63.9 Å². The van der Waals surface area contributed by atoms with E-state index in [0.29, 0.717) is 47.6 Å². The zero-order valence-electron chi connectivity index (χ0n) is 30.5. The average molecular weight is 725 g/mol. The van der Waals surface area contributed by atoms with Gasteiger partial charge in [-0.15, -0.1) is 0 Å². The summed E-state index contributed by atoms with van der Waals surface area (Å²) in [6, 6.07) is 12.5. The van der Waals surface area contributed by atoms with Crippen LogP contribution in [0.15, 0.2) is 48.6 Å². The standard InChI is InChI=1S/C40H57ClN4O4S/c1-5-7-29-20-34(41)12-14-36(29)33-24-45(38-21-30(11-15-39(38)49-26-33)40(46)42-50(47)6-2)23-32-10-13-37(32)31(9-8-28(3)4)22-43-16-17-44-18-19-48-27-35(44)25-43/h8-9,11-12,14-15,20-21,28,31-33,35,37H,5-7,10,13,16-19,22-27H2,1-4H3,(H,42,46)/b9-8+. The van der Waals surface area contributed by atoms with Crippen LogP contribution in [-0.4, -0.2) is 97.3 Å². The minimum Gasteiger partial charge on any atom is -0.491 e. The third-order valence-electron chi connectivity index (χ3n) is 11.2. The minimum absolute atomic E-state index is 0.148. The fraction of sp³-hybridized carbons (Fsp3) is 0.625. The molecule has 0 aromatic heterocycles. The third-order valence-corrected chi connectivity index (χ3v) is 12.4. The van der Waals surface area contributed by atoms with E-state index in [1.54, 1.807) is 13.0 Å². The van der Waals surface area contributed by atoms with E-state index in [1.165, 1.54) is 24.0 Å². The molecular weight excluding hydrogens is 668 g/mol. The lowest BCUT2D eigenvalue weighted by Gasteiger charge is -2.48. The van der Waals surface area contributed by atoms with Gasteiger partial charge in [-0.3, -0.25) is 19.3 Å². The summed E-state index contributed by atoms with van der Waals surface area (Å²) in [5, 5.41) is 0.766. The summed E-state index contributed by atoms with van der Waals surface area (Å²) in [4.78, 5) is 21.0. The molecule has 6 atom stereocenters. The molecule has 1 amide bonds. The maximum absolute atomic E-state index is 13.2. The Bertz CT molecular complexity index is 1520. The van der Waals surface area contributed by atoms with E-state index in [-0.39, 0.29) is 11.8 Å². The van der Waals surface area contributed by atoms with E-state index in [9.17, 15) is 9.00 Å². The van der Waals surface area contributed by atoms with Crippen molar-refractivity contribution in [3.05, 3.63) is 70.3 Å². The molecule has 0 spiro atoms. The summed E-state index contributed by atoms with van der Waals surface area (Å²) < 4.78 is 27.3. The molecule has 1 saturated carbocycles. The smallest absolute Gasteiger partial charge is 0.263 e. The van der Waals surface area contributed by atoms with Crippen molar-refractivity contribution in [2.24, 2.45) is 23.7 Å². The zero-order chi connectivity index (χ0) is 35.2. The number of nitrogens with zero attached hydrogens (tertiary/aromatic N) is 3. The normalized spacial score (nSPS) is 25.7. The van der Waals surface area contributed by atoms with E-state index in [0.717, 1.165) is 88.3 Å². The second kappa shape index (κ2) is 17.4. The number of benzene rings is 2. The molecular formula is C40H57ClN4O4S. The average Bonchev–Trinajstić information content (AvgIpc) is 3.28. The highest BCUT2D eigenvalue weighted by Crippen LogP contribution is 2.44. The molecule has 8 nitrogen and oxygen atoms in total. The predicted molar refractivity (Wildman–Crippen MR) is 205 cm³/mol. The van der Waals surface area contributed by atoms with Crippen LogP contribution in [0.5, 0.6) is 5.75 Å². The van der Waals surface area contributed by atoms with Gasteiger partial charge in [0.05, 0.1) is 25.5 Å². The van der Waals surface area contributed by atoms with Crippen molar-refractivity contribution in [3.63, 3.8) is 0 Å². The van der Waals surface area contributed by atoms with E-state index in [4.69, 9.17) is 21.1 Å². The first-order valence-corrected chi connectivity index (χ1v) is 20.6. The number of fused-ring (bicyclic) bond motifs is 2. The largest absolute Gasteiger partial charge is 0.491 e. The SMILES string of the molecule is CCCc1cc(Cl)ccc1C1COc2ccc(C(=O)NS(=O)CC)cc2N(CC2CCC2C(/C=C/C(C)C)CN2CCN3CCOCC3C2)C1. The molecule has 3 heterocycles. The van der Waals surface area contributed by atoms with Crippen LogP contribution in [0.25, 0.3) is 0 Å². The number of anilines is 1. The number of carbonyl (C=O) groups is 1. The molecule has 0 radical (unpaired) electrons. The number of nitrogens with one attached hydrogen (secondary N) is 1. The molecule has 2 aromatic rings. The van der Waals surface area contributed by atoms with Crippen molar-refractivity contribution < 1.29 is 18.5 Å². The molecule has 4 aliphatic rings. The Morgan fingerprint density at radius 2 is 1.92 bits per heavy atom. The molecule has 3 fully saturated rings. The van der Waals surface area contributed by atoms with Gasteiger partial charge in [-0.2, -0.15) is 0 Å². The van der Waals surface area contributed by atoms with Gasteiger partial charge in [0.25, 0.3) is 5.91 Å². The summed E-state index contributed by atoms with van der Waals surface area (Å²) in [6.07, 6.45) is 9.36. The monoisotopic (exact) mass is 724 g/mol. The van der Waals surface area contributed by atoms with Gasteiger partial charge in [-0.25, -0.2) is 4.21 Å². The lowest BCUT2D eigenvalue weighted by Crippen LogP contribution is -2.59. The minimum atomic E-state index is -1.41. The van der Waals surface area contributed by atoms with Crippen molar-refractivity contribution >= 4 is 34.2 Å². The number of hydrogen-bond acceptors (Lipinski definition) is 7. The molecule has 274 valence electrons. The Labute approximate surface area is 307 Å². The Morgan fingerprint density at radius 3 is 2.68 bits per heavy atom. The molecule has 1 aliphatic carbocycles. The Morgan fingerprint density at radius 1 is 1.06 bits per heavy atom. The first-order valence-electron chi connectivity index (χ1n) is 18.9. The topological polar surface area (TPSA) is 74.4 Å². The van der Waals surface area contributed by atoms with Crippen molar-refractivity contribution in [1.29, 1.82) is 0 Å². The maximum atomic E-state index is 13.2. The molecule has 2 aromatic carbocycles. The fourth-order valence-corrected chi connectivity index (χ4v) is 9.00. The van der Waals surface area contributed by atoms with Gasteiger partial charge >= 0.3 is 0 Å². The molecule has 2 saturated heterocycles. The molecule has 50 heavy (non-hydrogen) atoms. The van der Waals surface area contributed by atoms with Gasteiger partial charge in [0, 0.05) is 74.1 Å². The second-order valence-corrected chi connectivity index (χ2v) is 17.0. The fourth-order valence-electron chi connectivity index (χ4n) is 8.34. The molecule has 1 N–H and O–H groups in total. The lowest BCUT2D eigenvalue weighted by atomic mass is 9.66. The van der Waals surface area contributed by atoms with Crippen LogP contribution in [0.2, 0.25) is 5.02 Å². The highest BCUT2D eigenvalue weighted by atomic mass is 35.5. The summed E-state index contributed by atoms with van der Waals surface area (Å²) >= 11 is 6.49. The summed E-state index contributed by atoms with van der Waals surface area (Å²) in [7, 11) is -1.41. The highest BCUT2D eigenvalue weighted by Gasteiger charge is 2.40. The van der Waals surface area contributed by atoms with Crippen molar-refractivity contribution in [1.82, 2.24) is 14.5 Å². The quantitative estimate of drug-likeness (QED) is 0.235. The number of ether oxygens (including phenoxy) is 2. The summed E-state index contributed by atoms with van der Waals surface area (Å²) in [5.41, 5.74) is 4.02. The number of hydrogen-bond donors (Lipinski definition) is 1.